The second-order valence-electron chi connectivity index (χ2n) is 6.30. The zero-order valence-electron chi connectivity index (χ0n) is 15.9. The van der Waals surface area contributed by atoms with Crippen molar-refractivity contribution in [2.24, 2.45) is 5.10 Å². The van der Waals surface area contributed by atoms with Crippen LogP contribution in [-0.2, 0) is 11.4 Å². The molecule has 29 heavy (non-hydrogen) atoms. The number of halogens is 1. The molecule has 1 amide bonds. The van der Waals surface area contributed by atoms with Crippen molar-refractivity contribution in [2.45, 2.75) is 23.7 Å². The lowest BCUT2D eigenvalue weighted by molar-refractivity contribution is -0.120. The number of nitrogens with one attached hydrogen (secondary N) is 1. The number of thioether (sulfide) groups is 1. The number of carbonyl (C=O) groups excluding carboxylic acids is 1. The quantitative estimate of drug-likeness (QED) is 0.293. The van der Waals surface area contributed by atoms with Crippen LogP contribution in [0.3, 0.4) is 0 Å². The Morgan fingerprint density at radius 3 is 2.59 bits per heavy atom. The van der Waals surface area contributed by atoms with Crippen molar-refractivity contribution in [3.05, 3.63) is 95.0 Å². The number of carbonyl (C=O) groups is 1. The molecule has 1 atom stereocenters. The van der Waals surface area contributed by atoms with Gasteiger partial charge in [-0.25, -0.2) is 5.43 Å². The summed E-state index contributed by atoms with van der Waals surface area (Å²) >= 11 is 7.47. The van der Waals surface area contributed by atoms with Crippen LogP contribution in [-0.4, -0.2) is 17.4 Å². The monoisotopic (exact) mass is 424 g/mol. The highest BCUT2D eigenvalue weighted by molar-refractivity contribution is 8.00. The molecule has 1 N–H and O–H groups in total. The number of benzene rings is 3. The SMILES string of the molecule is C[C@@H](Sc1ccccc1)C(=O)N/N=C\c1ccc(OCc2cccc(Cl)c2)cc1. The highest BCUT2D eigenvalue weighted by atomic mass is 35.5. The number of ether oxygens (including phenoxy) is 1. The zero-order chi connectivity index (χ0) is 20.5. The van der Waals surface area contributed by atoms with E-state index in [1.165, 1.54) is 11.8 Å². The van der Waals surface area contributed by atoms with Gasteiger partial charge < -0.3 is 4.74 Å². The van der Waals surface area contributed by atoms with E-state index in [9.17, 15) is 4.79 Å². The van der Waals surface area contributed by atoms with Crippen LogP contribution in [0.15, 0.2) is 88.9 Å². The lowest BCUT2D eigenvalue weighted by Crippen LogP contribution is -2.26. The maximum atomic E-state index is 12.2. The van der Waals surface area contributed by atoms with E-state index in [1.807, 2.05) is 85.8 Å². The molecular weight excluding hydrogens is 404 g/mol. The largest absolute Gasteiger partial charge is 0.489 e. The van der Waals surface area contributed by atoms with Crippen LogP contribution in [0, 0.1) is 0 Å². The number of amides is 1. The maximum Gasteiger partial charge on any atom is 0.253 e. The minimum absolute atomic E-state index is 0.142. The van der Waals surface area contributed by atoms with Gasteiger partial charge in [-0.1, -0.05) is 41.9 Å². The Kier molecular flexibility index (Phi) is 7.73. The summed E-state index contributed by atoms with van der Waals surface area (Å²) in [5.74, 6) is 0.607. The zero-order valence-corrected chi connectivity index (χ0v) is 17.5. The minimum Gasteiger partial charge on any atom is -0.489 e. The van der Waals surface area contributed by atoms with Crippen molar-refractivity contribution < 1.29 is 9.53 Å². The van der Waals surface area contributed by atoms with Crippen molar-refractivity contribution in [1.29, 1.82) is 0 Å². The molecule has 0 aliphatic heterocycles. The van der Waals surface area contributed by atoms with E-state index in [0.717, 1.165) is 21.8 Å². The second kappa shape index (κ2) is 10.7. The predicted molar refractivity (Wildman–Crippen MR) is 120 cm³/mol. The fraction of sp³-hybridized carbons (Fsp3) is 0.130. The normalized spacial score (nSPS) is 11.9. The molecule has 4 nitrogen and oxygen atoms in total. The summed E-state index contributed by atoms with van der Waals surface area (Å²) in [7, 11) is 0. The average Bonchev–Trinajstić information content (AvgIpc) is 2.74. The predicted octanol–water partition coefficient (Wildman–Crippen LogP) is 5.55. The van der Waals surface area contributed by atoms with E-state index in [1.54, 1.807) is 6.21 Å². The first-order chi connectivity index (χ1) is 14.1. The third-order valence-corrected chi connectivity index (χ3v) is 5.34. The van der Waals surface area contributed by atoms with Crippen molar-refractivity contribution >= 4 is 35.5 Å². The minimum atomic E-state index is -0.239. The van der Waals surface area contributed by atoms with Gasteiger partial charge in [0.15, 0.2) is 0 Å². The third-order valence-electron chi connectivity index (χ3n) is 3.99. The molecule has 0 saturated heterocycles. The van der Waals surface area contributed by atoms with E-state index in [0.29, 0.717) is 11.6 Å². The lowest BCUT2D eigenvalue weighted by Gasteiger charge is -2.09. The smallest absolute Gasteiger partial charge is 0.253 e. The molecule has 0 aliphatic carbocycles. The molecule has 3 aromatic carbocycles. The van der Waals surface area contributed by atoms with Crippen molar-refractivity contribution in [2.75, 3.05) is 0 Å². The fourth-order valence-corrected chi connectivity index (χ4v) is 3.56. The fourth-order valence-electron chi connectivity index (χ4n) is 2.46. The number of hydrazone groups is 1. The summed E-state index contributed by atoms with van der Waals surface area (Å²) < 4.78 is 5.76. The second-order valence-corrected chi connectivity index (χ2v) is 8.15. The molecule has 0 spiro atoms. The Labute approximate surface area is 179 Å². The van der Waals surface area contributed by atoms with Crippen LogP contribution in [0.25, 0.3) is 0 Å². The van der Waals surface area contributed by atoms with Gasteiger partial charge in [-0.2, -0.15) is 5.10 Å². The maximum absolute atomic E-state index is 12.2. The van der Waals surface area contributed by atoms with Crippen LogP contribution in [0.5, 0.6) is 5.75 Å². The summed E-state index contributed by atoms with van der Waals surface area (Å²) in [6, 6.07) is 24.9. The average molecular weight is 425 g/mol. The van der Waals surface area contributed by atoms with Crippen molar-refractivity contribution in [1.82, 2.24) is 5.43 Å². The summed E-state index contributed by atoms with van der Waals surface area (Å²) in [5, 5.41) is 4.50. The Bertz CT molecular complexity index is 962. The van der Waals surface area contributed by atoms with Crippen LogP contribution >= 0.6 is 23.4 Å². The van der Waals surface area contributed by atoms with Gasteiger partial charge in [0.25, 0.3) is 5.91 Å². The first kappa shape index (κ1) is 21.0. The molecule has 0 saturated carbocycles. The molecule has 0 aromatic heterocycles. The van der Waals surface area contributed by atoms with E-state index in [4.69, 9.17) is 16.3 Å². The Morgan fingerprint density at radius 2 is 1.86 bits per heavy atom. The van der Waals surface area contributed by atoms with E-state index in [2.05, 4.69) is 10.5 Å². The lowest BCUT2D eigenvalue weighted by atomic mass is 10.2. The molecule has 0 heterocycles. The van der Waals surface area contributed by atoms with Crippen molar-refractivity contribution in [3.63, 3.8) is 0 Å². The molecule has 0 bridgehead atoms. The molecule has 0 unspecified atom stereocenters. The highest BCUT2D eigenvalue weighted by Crippen LogP contribution is 2.22. The van der Waals surface area contributed by atoms with E-state index < -0.39 is 0 Å². The van der Waals surface area contributed by atoms with E-state index >= 15 is 0 Å². The van der Waals surface area contributed by atoms with E-state index in [-0.39, 0.29) is 11.2 Å². The summed E-state index contributed by atoms with van der Waals surface area (Å²) in [6.45, 7) is 2.30. The van der Waals surface area contributed by atoms with Gasteiger partial charge in [0, 0.05) is 9.92 Å². The molecular formula is C23H21ClN2O2S. The molecule has 0 aliphatic rings. The molecule has 0 fully saturated rings. The summed E-state index contributed by atoms with van der Waals surface area (Å²) in [5.41, 5.74) is 4.46. The molecule has 6 heteroatoms. The Morgan fingerprint density at radius 1 is 1.10 bits per heavy atom. The number of hydrogen-bond acceptors (Lipinski definition) is 4. The topological polar surface area (TPSA) is 50.7 Å². The third kappa shape index (κ3) is 6.97. The molecule has 3 rings (SSSR count). The van der Waals surface area contributed by atoms with Gasteiger partial charge in [-0.05, 0) is 66.6 Å². The first-order valence-electron chi connectivity index (χ1n) is 9.12. The van der Waals surface area contributed by atoms with Gasteiger partial charge in [0.2, 0.25) is 0 Å². The number of nitrogens with zero attached hydrogens (tertiary/aromatic N) is 1. The van der Waals surface area contributed by atoms with Crippen molar-refractivity contribution in [3.8, 4) is 5.75 Å². The first-order valence-corrected chi connectivity index (χ1v) is 10.4. The van der Waals surface area contributed by atoms with Gasteiger partial charge in [0.1, 0.15) is 12.4 Å². The molecule has 148 valence electrons. The molecule has 0 radical (unpaired) electrons. The summed E-state index contributed by atoms with van der Waals surface area (Å²) in [4.78, 5) is 13.2. The Balaban J connectivity index is 1.46. The van der Waals surface area contributed by atoms with Gasteiger partial charge in [-0.3, -0.25) is 4.79 Å². The van der Waals surface area contributed by atoms with Gasteiger partial charge in [0.05, 0.1) is 11.5 Å². The van der Waals surface area contributed by atoms with Crippen LogP contribution in [0.4, 0.5) is 0 Å². The Hall–Kier alpha value is -2.76. The van der Waals surface area contributed by atoms with Crippen LogP contribution in [0.2, 0.25) is 5.02 Å². The van der Waals surface area contributed by atoms with Crippen LogP contribution in [0.1, 0.15) is 18.1 Å². The number of hydrogen-bond donors (Lipinski definition) is 1. The highest BCUT2D eigenvalue weighted by Gasteiger charge is 2.13. The van der Waals surface area contributed by atoms with Crippen LogP contribution < -0.4 is 10.2 Å². The van der Waals surface area contributed by atoms with Gasteiger partial charge >= 0.3 is 0 Å². The number of rotatable bonds is 8. The standard InChI is InChI=1S/C23H21ClN2O2S/c1-17(29-22-8-3-2-4-9-22)23(27)26-25-15-18-10-12-21(13-11-18)28-16-19-6-5-7-20(24)14-19/h2-15,17H,16H2,1H3,(H,26,27)/b25-15-/t17-/m1/s1. The van der Waals surface area contributed by atoms with Gasteiger partial charge in [-0.15, -0.1) is 11.8 Å². The molecule has 3 aromatic rings. The summed E-state index contributed by atoms with van der Waals surface area (Å²) in [6.07, 6.45) is 1.61.